The third-order valence-electron chi connectivity index (χ3n) is 6.68. The maximum atomic E-state index is 14.5. The number of esters is 1. The third-order valence-corrected chi connectivity index (χ3v) is 6.68. The van der Waals surface area contributed by atoms with Crippen LogP contribution in [0.2, 0.25) is 0 Å². The molecule has 1 heterocycles. The molecule has 0 unspecified atom stereocenters. The van der Waals surface area contributed by atoms with Crippen molar-refractivity contribution in [1.82, 2.24) is 0 Å². The van der Waals surface area contributed by atoms with E-state index in [4.69, 9.17) is 9.47 Å². The van der Waals surface area contributed by atoms with E-state index in [9.17, 15) is 13.6 Å². The zero-order valence-electron chi connectivity index (χ0n) is 17.7. The molecule has 162 valence electrons. The van der Waals surface area contributed by atoms with Crippen LogP contribution in [0, 0.1) is 23.5 Å². The van der Waals surface area contributed by atoms with E-state index in [1.165, 1.54) is 50.7 Å². The first-order valence-electron chi connectivity index (χ1n) is 11.4. The Labute approximate surface area is 173 Å². The van der Waals surface area contributed by atoms with Crippen LogP contribution < -0.4 is 4.74 Å². The Morgan fingerprint density at radius 3 is 2.41 bits per heavy atom. The zero-order valence-corrected chi connectivity index (χ0v) is 17.7. The molecule has 3 nitrogen and oxygen atoms in total. The van der Waals surface area contributed by atoms with Gasteiger partial charge in [0, 0.05) is 5.56 Å². The topological polar surface area (TPSA) is 35.5 Å². The number of rotatable bonds is 8. The van der Waals surface area contributed by atoms with Crippen LogP contribution >= 0.6 is 0 Å². The maximum absolute atomic E-state index is 14.5. The van der Waals surface area contributed by atoms with Gasteiger partial charge in [0.15, 0.2) is 11.6 Å². The minimum Gasteiger partial charge on any atom is -0.491 e. The Morgan fingerprint density at radius 2 is 1.76 bits per heavy atom. The zero-order chi connectivity index (χ0) is 20.8. The molecule has 1 saturated carbocycles. The van der Waals surface area contributed by atoms with Crippen molar-refractivity contribution in [3.63, 3.8) is 0 Å². The molecule has 0 amide bonds. The molecule has 1 saturated heterocycles. The monoisotopic (exact) mass is 408 g/mol. The number of hydrogen-bond acceptors (Lipinski definition) is 3. The fourth-order valence-electron chi connectivity index (χ4n) is 4.97. The standard InChI is InChI=1S/C24H34F2O3/c1-3-5-6-7-16-8-10-17(11-9-16)20-14-13-19(24(27)29-20)18-12-15-21(28-4-2)23(26)22(18)25/h12,15-17,19-20H,3-11,13-14H2,1-2H3/t16?,17?,19-,20-/m0/s1. The summed E-state index contributed by atoms with van der Waals surface area (Å²) in [5.74, 6) is -2.08. The molecule has 0 spiro atoms. The van der Waals surface area contributed by atoms with Crippen molar-refractivity contribution in [3.05, 3.63) is 29.3 Å². The van der Waals surface area contributed by atoms with Crippen LogP contribution in [-0.2, 0) is 9.53 Å². The van der Waals surface area contributed by atoms with Gasteiger partial charge in [0.25, 0.3) is 0 Å². The summed E-state index contributed by atoms with van der Waals surface area (Å²) < 4.78 is 39.5. The molecule has 1 aromatic carbocycles. The lowest BCUT2D eigenvalue weighted by atomic mass is 9.75. The van der Waals surface area contributed by atoms with E-state index in [2.05, 4.69) is 6.92 Å². The lowest BCUT2D eigenvalue weighted by Crippen LogP contribution is -2.36. The summed E-state index contributed by atoms with van der Waals surface area (Å²) in [7, 11) is 0. The van der Waals surface area contributed by atoms with Crippen molar-refractivity contribution in [2.45, 2.75) is 90.1 Å². The predicted octanol–water partition coefficient (Wildman–Crippen LogP) is 6.54. The summed E-state index contributed by atoms with van der Waals surface area (Å²) in [5, 5.41) is 0. The lowest BCUT2D eigenvalue weighted by molar-refractivity contribution is -0.160. The van der Waals surface area contributed by atoms with Gasteiger partial charge < -0.3 is 9.47 Å². The van der Waals surface area contributed by atoms with Gasteiger partial charge in [-0.15, -0.1) is 0 Å². The number of cyclic esters (lactones) is 1. The highest BCUT2D eigenvalue weighted by molar-refractivity contribution is 5.79. The summed E-state index contributed by atoms with van der Waals surface area (Å²) in [6.07, 6.45) is 11.0. The molecule has 1 aromatic rings. The molecule has 0 radical (unpaired) electrons. The van der Waals surface area contributed by atoms with E-state index in [-0.39, 0.29) is 24.0 Å². The smallest absolute Gasteiger partial charge is 0.313 e. The Hall–Kier alpha value is -1.65. The van der Waals surface area contributed by atoms with Crippen molar-refractivity contribution >= 4 is 5.97 Å². The number of unbranched alkanes of at least 4 members (excludes halogenated alkanes) is 2. The molecule has 3 rings (SSSR count). The average molecular weight is 409 g/mol. The van der Waals surface area contributed by atoms with Gasteiger partial charge in [-0.1, -0.05) is 51.5 Å². The Morgan fingerprint density at radius 1 is 1.00 bits per heavy atom. The number of carbonyl (C=O) groups is 1. The minimum absolute atomic E-state index is 0.0778. The van der Waals surface area contributed by atoms with Gasteiger partial charge in [-0.2, -0.15) is 4.39 Å². The Balaban J connectivity index is 1.55. The van der Waals surface area contributed by atoms with Gasteiger partial charge >= 0.3 is 5.97 Å². The molecule has 0 N–H and O–H groups in total. The molecule has 2 atom stereocenters. The molecule has 5 heteroatoms. The highest BCUT2D eigenvalue weighted by Crippen LogP contribution is 2.40. The number of ether oxygens (including phenoxy) is 2. The van der Waals surface area contributed by atoms with E-state index in [1.54, 1.807) is 6.92 Å². The van der Waals surface area contributed by atoms with Crippen molar-refractivity contribution in [3.8, 4) is 5.75 Å². The number of hydrogen-bond donors (Lipinski definition) is 0. The predicted molar refractivity (Wildman–Crippen MR) is 109 cm³/mol. The van der Waals surface area contributed by atoms with Crippen LogP contribution in [0.5, 0.6) is 5.75 Å². The molecular formula is C24H34F2O3. The summed E-state index contributed by atoms with van der Waals surface area (Å²) in [4.78, 5) is 12.6. The second-order valence-corrected chi connectivity index (χ2v) is 8.60. The Kier molecular flexibility index (Phi) is 7.91. The largest absolute Gasteiger partial charge is 0.491 e. The van der Waals surface area contributed by atoms with E-state index in [1.807, 2.05) is 0 Å². The molecule has 2 aliphatic rings. The van der Waals surface area contributed by atoms with Crippen LogP contribution in [-0.4, -0.2) is 18.7 Å². The van der Waals surface area contributed by atoms with Crippen LogP contribution in [0.1, 0.15) is 89.5 Å². The van der Waals surface area contributed by atoms with E-state index in [0.717, 1.165) is 25.2 Å². The van der Waals surface area contributed by atoms with Gasteiger partial charge in [0.05, 0.1) is 12.5 Å². The van der Waals surface area contributed by atoms with Gasteiger partial charge in [0.1, 0.15) is 6.10 Å². The molecule has 0 bridgehead atoms. The van der Waals surface area contributed by atoms with Gasteiger partial charge in [-0.3, -0.25) is 4.79 Å². The summed E-state index contributed by atoms with van der Waals surface area (Å²) in [6, 6.07) is 2.85. The van der Waals surface area contributed by atoms with Gasteiger partial charge in [-0.25, -0.2) is 4.39 Å². The number of halogens is 2. The van der Waals surface area contributed by atoms with Crippen LogP contribution in [0.15, 0.2) is 12.1 Å². The van der Waals surface area contributed by atoms with Crippen molar-refractivity contribution in [2.24, 2.45) is 11.8 Å². The summed E-state index contributed by atoms with van der Waals surface area (Å²) in [6.45, 7) is 4.20. The van der Waals surface area contributed by atoms with Crippen molar-refractivity contribution < 1.29 is 23.0 Å². The fraction of sp³-hybridized carbons (Fsp3) is 0.708. The van der Waals surface area contributed by atoms with Crippen molar-refractivity contribution in [2.75, 3.05) is 6.61 Å². The van der Waals surface area contributed by atoms with E-state index < -0.39 is 23.5 Å². The first-order chi connectivity index (χ1) is 14.0. The van der Waals surface area contributed by atoms with Gasteiger partial charge in [-0.05, 0) is 50.5 Å². The molecule has 1 aliphatic heterocycles. The first-order valence-corrected chi connectivity index (χ1v) is 11.4. The van der Waals surface area contributed by atoms with Crippen LogP contribution in [0.3, 0.4) is 0 Å². The molecule has 1 aliphatic carbocycles. The first kappa shape index (κ1) is 22.0. The average Bonchev–Trinajstić information content (AvgIpc) is 2.73. The SMILES string of the molecule is CCCCCC1CCC([C@@H]2CC[C@@H](c3ccc(OCC)c(F)c3F)C(=O)O2)CC1. The minimum atomic E-state index is -1.03. The van der Waals surface area contributed by atoms with Gasteiger partial charge in [0.2, 0.25) is 5.82 Å². The second kappa shape index (κ2) is 10.4. The third kappa shape index (κ3) is 5.29. The second-order valence-electron chi connectivity index (χ2n) is 8.60. The quantitative estimate of drug-likeness (QED) is 0.362. The van der Waals surface area contributed by atoms with Crippen molar-refractivity contribution in [1.29, 1.82) is 0 Å². The lowest BCUT2D eigenvalue weighted by Gasteiger charge is -2.37. The normalized spacial score (nSPS) is 27.5. The molecule has 0 aromatic heterocycles. The number of benzene rings is 1. The molecular weight excluding hydrogens is 374 g/mol. The van der Waals surface area contributed by atoms with E-state index in [0.29, 0.717) is 12.3 Å². The highest BCUT2D eigenvalue weighted by atomic mass is 19.2. The molecule has 29 heavy (non-hydrogen) atoms. The van der Waals surface area contributed by atoms with Crippen LogP contribution in [0.4, 0.5) is 8.78 Å². The fourth-order valence-corrected chi connectivity index (χ4v) is 4.97. The van der Waals surface area contributed by atoms with E-state index >= 15 is 0 Å². The highest BCUT2D eigenvalue weighted by Gasteiger charge is 2.38. The molecule has 2 fully saturated rings. The number of carbonyl (C=O) groups excluding carboxylic acids is 1. The maximum Gasteiger partial charge on any atom is 0.313 e. The Bertz CT molecular complexity index is 683. The van der Waals surface area contributed by atoms with Crippen LogP contribution in [0.25, 0.3) is 0 Å². The summed E-state index contributed by atoms with van der Waals surface area (Å²) >= 11 is 0. The summed E-state index contributed by atoms with van der Waals surface area (Å²) in [5.41, 5.74) is 0.0778.